The fraction of sp³-hybridized carbons (Fsp3) is 0.500. The molecule has 0 unspecified atom stereocenters. The highest BCUT2D eigenvalue weighted by atomic mass is 32.2. The van der Waals surface area contributed by atoms with Gasteiger partial charge in [0.2, 0.25) is 0 Å². The lowest BCUT2D eigenvalue weighted by atomic mass is 11.2. The van der Waals surface area contributed by atoms with Crippen LogP contribution in [0.15, 0.2) is 12.8 Å². The predicted octanol–water partition coefficient (Wildman–Crippen LogP) is 0.280. The fourth-order valence-electron chi connectivity index (χ4n) is 0. The van der Waals surface area contributed by atoms with Crippen molar-refractivity contribution in [3.05, 3.63) is 12.8 Å². The lowest BCUT2D eigenvalue weighted by molar-refractivity contribution is 0.339. The van der Waals surface area contributed by atoms with E-state index in [0.29, 0.717) is 6.26 Å². The van der Waals surface area contributed by atoms with Crippen LogP contribution in [0.3, 0.4) is 0 Å². The third-order valence-electron chi connectivity index (χ3n) is 0.167. The van der Waals surface area contributed by atoms with E-state index >= 15 is 0 Å². The summed E-state index contributed by atoms with van der Waals surface area (Å²) in [6.45, 7) is 3.26. The molecule has 0 rings (SSSR count). The van der Waals surface area contributed by atoms with Crippen LogP contribution < -0.4 is 0 Å². The van der Waals surface area contributed by atoms with Gasteiger partial charge < -0.3 is 4.74 Å². The molecule has 0 bridgehead atoms. The molecule has 0 heterocycles. The molecule has 9 heavy (non-hydrogen) atoms. The SMILES string of the molecule is C=COC.CS(=O)(=O)O. The molecular formula is C4H10O4S. The number of ether oxygens (including phenoxy) is 1. The Morgan fingerprint density at radius 3 is 1.78 bits per heavy atom. The van der Waals surface area contributed by atoms with Crippen molar-refractivity contribution in [2.24, 2.45) is 0 Å². The molecule has 0 saturated heterocycles. The summed E-state index contributed by atoms with van der Waals surface area (Å²) in [4.78, 5) is 0. The second-order valence-corrected chi connectivity index (χ2v) is 2.60. The summed E-state index contributed by atoms with van der Waals surface area (Å²) < 4.78 is 30.2. The predicted molar refractivity (Wildman–Crippen MR) is 34.7 cm³/mol. The monoisotopic (exact) mass is 154 g/mol. The summed E-state index contributed by atoms with van der Waals surface area (Å²) in [5.41, 5.74) is 0. The van der Waals surface area contributed by atoms with E-state index in [1.54, 1.807) is 7.11 Å². The Kier molecular flexibility index (Phi) is 6.99. The number of hydrogen-bond acceptors (Lipinski definition) is 3. The lowest BCUT2D eigenvalue weighted by Crippen LogP contribution is -1.88. The molecule has 56 valence electrons. The van der Waals surface area contributed by atoms with Gasteiger partial charge in [-0.1, -0.05) is 6.58 Å². The Morgan fingerprint density at radius 2 is 1.78 bits per heavy atom. The quantitative estimate of drug-likeness (QED) is 0.435. The van der Waals surface area contributed by atoms with Crippen LogP contribution in [0, 0.1) is 0 Å². The highest BCUT2D eigenvalue weighted by Crippen LogP contribution is 1.60. The van der Waals surface area contributed by atoms with Gasteiger partial charge in [0, 0.05) is 0 Å². The average molecular weight is 154 g/mol. The van der Waals surface area contributed by atoms with Crippen molar-refractivity contribution in [3.8, 4) is 0 Å². The van der Waals surface area contributed by atoms with E-state index in [9.17, 15) is 8.42 Å². The highest BCUT2D eigenvalue weighted by Gasteiger charge is 1.81. The van der Waals surface area contributed by atoms with E-state index in [2.05, 4.69) is 11.3 Å². The van der Waals surface area contributed by atoms with Gasteiger partial charge >= 0.3 is 0 Å². The Balaban J connectivity index is 0. The van der Waals surface area contributed by atoms with Crippen molar-refractivity contribution in [1.82, 2.24) is 0 Å². The van der Waals surface area contributed by atoms with Crippen molar-refractivity contribution in [2.75, 3.05) is 13.4 Å². The van der Waals surface area contributed by atoms with Gasteiger partial charge in [0.25, 0.3) is 10.1 Å². The van der Waals surface area contributed by atoms with Gasteiger partial charge in [-0.15, -0.1) is 0 Å². The summed E-state index contributed by atoms with van der Waals surface area (Å²) in [5.74, 6) is 0. The molecule has 0 aromatic rings. The maximum absolute atomic E-state index is 9.19. The van der Waals surface area contributed by atoms with E-state index in [0.717, 1.165) is 0 Å². The molecule has 0 amide bonds. The first kappa shape index (κ1) is 11.3. The van der Waals surface area contributed by atoms with Crippen LogP contribution >= 0.6 is 0 Å². The maximum atomic E-state index is 9.19. The number of hydrogen-bond donors (Lipinski definition) is 1. The third-order valence-corrected chi connectivity index (χ3v) is 0.167. The van der Waals surface area contributed by atoms with Crippen LogP contribution in [-0.2, 0) is 14.9 Å². The molecular weight excluding hydrogens is 144 g/mol. The molecule has 0 spiro atoms. The van der Waals surface area contributed by atoms with Gasteiger partial charge in [-0.05, 0) is 0 Å². The van der Waals surface area contributed by atoms with Gasteiger partial charge in [0.15, 0.2) is 0 Å². The highest BCUT2D eigenvalue weighted by molar-refractivity contribution is 7.85. The second kappa shape index (κ2) is 5.58. The molecule has 0 aliphatic carbocycles. The minimum atomic E-state index is -3.67. The molecule has 0 saturated carbocycles. The third kappa shape index (κ3) is 1090. The van der Waals surface area contributed by atoms with Gasteiger partial charge in [-0.25, -0.2) is 0 Å². The van der Waals surface area contributed by atoms with Gasteiger partial charge in [-0.2, -0.15) is 8.42 Å². The van der Waals surface area contributed by atoms with Crippen LogP contribution in [0.1, 0.15) is 0 Å². The van der Waals surface area contributed by atoms with Gasteiger partial charge in [0.05, 0.1) is 19.6 Å². The molecule has 0 radical (unpaired) electrons. The minimum absolute atomic E-state index is 0.715. The zero-order valence-corrected chi connectivity index (χ0v) is 6.18. The largest absolute Gasteiger partial charge is 0.505 e. The summed E-state index contributed by atoms with van der Waals surface area (Å²) >= 11 is 0. The Morgan fingerprint density at radius 1 is 1.67 bits per heavy atom. The minimum Gasteiger partial charge on any atom is -0.505 e. The lowest BCUT2D eigenvalue weighted by Gasteiger charge is -1.73. The first-order valence-electron chi connectivity index (χ1n) is 1.98. The molecule has 1 N–H and O–H groups in total. The Bertz CT molecular complexity index is 138. The van der Waals surface area contributed by atoms with Gasteiger partial charge in [-0.3, -0.25) is 4.55 Å². The maximum Gasteiger partial charge on any atom is 0.261 e. The first-order valence-corrected chi connectivity index (χ1v) is 3.82. The van der Waals surface area contributed by atoms with E-state index in [1.807, 2.05) is 0 Å². The summed E-state index contributed by atoms with van der Waals surface area (Å²) in [6, 6.07) is 0. The smallest absolute Gasteiger partial charge is 0.261 e. The zero-order valence-electron chi connectivity index (χ0n) is 5.36. The standard InChI is InChI=1S/C3H6O.CH4O3S/c1-3-4-2;1-5(2,3)4/h3H,1H2,2H3;1H3,(H,2,3,4). The summed E-state index contributed by atoms with van der Waals surface area (Å²) in [6.07, 6.45) is 2.09. The molecule has 0 atom stereocenters. The normalized spacial score (nSPS) is 8.78. The molecule has 5 heteroatoms. The topological polar surface area (TPSA) is 63.6 Å². The average Bonchev–Trinajstić information content (AvgIpc) is 1.61. The Labute approximate surface area is 54.9 Å². The van der Waals surface area contributed by atoms with E-state index in [1.165, 1.54) is 6.26 Å². The van der Waals surface area contributed by atoms with Gasteiger partial charge in [0.1, 0.15) is 0 Å². The number of rotatable bonds is 1. The summed E-state index contributed by atoms with van der Waals surface area (Å²) in [7, 11) is -2.10. The van der Waals surface area contributed by atoms with Crippen LogP contribution in [0.5, 0.6) is 0 Å². The van der Waals surface area contributed by atoms with Crippen molar-refractivity contribution in [1.29, 1.82) is 0 Å². The molecule has 0 aliphatic rings. The van der Waals surface area contributed by atoms with E-state index in [-0.39, 0.29) is 0 Å². The van der Waals surface area contributed by atoms with Crippen molar-refractivity contribution in [2.45, 2.75) is 0 Å². The van der Waals surface area contributed by atoms with Crippen LogP contribution in [0.2, 0.25) is 0 Å². The fourth-order valence-corrected chi connectivity index (χ4v) is 0. The molecule has 4 nitrogen and oxygen atoms in total. The zero-order chi connectivity index (χ0) is 7.91. The van der Waals surface area contributed by atoms with Crippen LogP contribution in [0.4, 0.5) is 0 Å². The van der Waals surface area contributed by atoms with Crippen molar-refractivity contribution >= 4 is 10.1 Å². The molecule has 0 aromatic heterocycles. The van der Waals surface area contributed by atoms with Crippen LogP contribution in [0.25, 0.3) is 0 Å². The molecule has 0 aliphatic heterocycles. The van der Waals surface area contributed by atoms with E-state index in [4.69, 9.17) is 4.55 Å². The van der Waals surface area contributed by atoms with E-state index < -0.39 is 10.1 Å². The first-order chi connectivity index (χ1) is 3.91. The molecule has 0 aromatic carbocycles. The van der Waals surface area contributed by atoms with Crippen molar-refractivity contribution < 1.29 is 17.7 Å². The molecule has 0 fully saturated rings. The Hall–Kier alpha value is -0.550. The van der Waals surface area contributed by atoms with Crippen LogP contribution in [-0.4, -0.2) is 26.3 Å². The number of methoxy groups -OCH3 is 1. The van der Waals surface area contributed by atoms with Crippen molar-refractivity contribution in [3.63, 3.8) is 0 Å². The second-order valence-electron chi connectivity index (χ2n) is 1.14. The summed E-state index contributed by atoms with van der Waals surface area (Å²) in [5, 5.41) is 0.